The third kappa shape index (κ3) is 41.5. The molecule has 0 N–H and O–H groups in total. The molecule has 0 heterocycles. The van der Waals surface area contributed by atoms with Crippen LogP contribution in [-0.4, -0.2) is 18.6 Å². The topological polar surface area (TPSA) is 0 Å². The maximum Gasteiger partial charge on any atom is 0.0959 e. The Morgan fingerprint density at radius 3 is 0.617 bits per heavy atom. The summed E-state index contributed by atoms with van der Waals surface area (Å²) in [6, 6.07) is 0. The third-order valence-corrected chi connectivity index (χ3v) is 10.4. The van der Waals surface area contributed by atoms with Gasteiger partial charge in [0.2, 0.25) is 0 Å². The van der Waals surface area contributed by atoms with Crippen molar-refractivity contribution in [2.45, 2.75) is 258 Å². The van der Waals surface area contributed by atoms with Crippen molar-refractivity contribution in [1.29, 1.82) is 0 Å². The average Bonchev–Trinajstić information content (AvgIpc) is 3.06. The second kappa shape index (κ2) is 39.9. The van der Waals surface area contributed by atoms with E-state index in [2.05, 4.69) is 52.5 Å². The van der Waals surface area contributed by atoms with Crippen LogP contribution < -0.4 is 0 Å². The molecule has 0 atom stereocenters. The highest BCUT2D eigenvalue weighted by molar-refractivity contribution is 4.80. The summed E-state index contributed by atoms with van der Waals surface area (Å²) in [5.41, 5.74) is 0. The van der Waals surface area contributed by atoms with E-state index < -0.39 is 0 Å². The van der Waals surface area contributed by atoms with Gasteiger partial charge in [0.15, 0.2) is 0 Å². The van der Waals surface area contributed by atoms with Gasteiger partial charge < -0.3 is 0 Å². The van der Waals surface area contributed by atoms with E-state index in [1.165, 1.54) is 244 Å². The molecule has 0 aromatic carbocycles. The molecular weight excluding hydrogens is 567 g/mol. The molecule has 47 heavy (non-hydrogen) atoms. The van der Waals surface area contributed by atoms with E-state index in [0.29, 0.717) is 0 Å². The van der Waals surface area contributed by atoms with Crippen molar-refractivity contribution in [3.63, 3.8) is 0 Å². The molecule has 0 unspecified atom stereocenters. The predicted octanol–water partition coefficient (Wildman–Crippen LogP) is 17.0. The first-order chi connectivity index (χ1) is 23.1. The Kier molecular flexibility index (Phi) is 39.4. The van der Waals surface area contributed by atoms with Crippen LogP contribution in [0.5, 0.6) is 0 Å². The summed E-state index contributed by atoms with van der Waals surface area (Å²) in [5.74, 6) is 0. The van der Waals surface area contributed by atoms with Crippen molar-refractivity contribution >= 4 is 0 Å². The first-order valence-electron chi connectivity index (χ1n) is 22.3. The molecule has 0 radical (unpaired) electrons. The highest BCUT2D eigenvalue weighted by Crippen LogP contribution is 2.17. The number of hydrogen-bond donors (Lipinski definition) is 0. The lowest BCUT2D eigenvalue weighted by atomic mass is 10.0. The molecule has 0 fully saturated rings. The molecule has 0 aliphatic carbocycles. The van der Waals surface area contributed by atoms with Crippen molar-refractivity contribution in [1.82, 2.24) is 0 Å². The van der Waals surface area contributed by atoms with E-state index in [1.807, 2.05) is 0 Å². The fourth-order valence-electron chi connectivity index (χ4n) is 7.07. The van der Waals surface area contributed by atoms with Crippen LogP contribution in [0.1, 0.15) is 258 Å². The summed E-state index contributed by atoms with van der Waals surface area (Å²) < 4.78 is 0.887. The quantitative estimate of drug-likeness (QED) is 0.0454. The molecule has 0 aliphatic rings. The lowest BCUT2D eigenvalue weighted by Gasteiger charge is -2.19. The number of quaternary nitrogens is 1. The Morgan fingerprint density at radius 1 is 0.255 bits per heavy atom. The van der Waals surface area contributed by atoms with Gasteiger partial charge in [0.1, 0.15) is 0 Å². The first-order valence-corrected chi connectivity index (χ1v) is 22.3. The van der Waals surface area contributed by atoms with Crippen LogP contribution in [-0.2, 0) is 0 Å². The molecule has 0 aromatic heterocycles. The second-order valence-corrected chi connectivity index (χ2v) is 16.0. The Labute approximate surface area is 300 Å². The van der Waals surface area contributed by atoms with Crippen molar-refractivity contribution < 1.29 is 4.48 Å². The summed E-state index contributed by atoms with van der Waals surface area (Å²) >= 11 is 0. The summed E-state index contributed by atoms with van der Waals surface area (Å²) in [4.78, 5) is 0. The SMILES string of the molecule is CCCCCCCCCCCCCCCCCCCCC=C[N+](C)(C)C=CCCCCCCCCCCCCCCCCCCCC. The summed E-state index contributed by atoms with van der Waals surface area (Å²) in [5, 5.41) is 0. The Hall–Kier alpha value is -0.560. The first kappa shape index (κ1) is 46.4. The highest BCUT2D eigenvalue weighted by Gasteiger charge is 2.05. The van der Waals surface area contributed by atoms with Crippen LogP contribution in [0.15, 0.2) is 24.6 Å². The van der Waals surface area contributed by atoms with Gasteiger partial charge in [-0.3, -0.25) is 4.48 Å². The molecule has 0 rings (SSSR count). The zero-order valence-corrected chi connectivity index (χ0v) is 33.6. The molecule has 0 aliphatic heterocycles. The summed E-state index contributed by atoms with van der Waals surface area (Å²) in [7, 11) is 4.61. The van der Waals surface area contributed by atoms with Crippen molar-refractivity contribution in [3.8, 4) is 0 Å². The van der Waals surface area contributed by atoms with E-state index in [4.69, 9.17) is 0 Å². The third-order valence-electron chi connectivity index (χ3n) is 10.4. The number of unbranched alkanes of at least 4 members (excludes halogenated alkanes) is 36. The minimum atomic E-state index is 0.887. The van der Waals surface area contributed by atoms with Crippen molar-refractivity contribution in [3.05, 3.63) is 24.6 Å². The summed E-state index contributed by atoms with van der Waals surface area (Å²) in [6.45, 7) is 4.61. The molecule has 0 spiro atoms. The van der Waals surface area contributed by atoms with E-state index in [9.17, 15) is 0 Å². The molecule has 0 amide bonds. The zero-order chi connectivity index (χ0) is 34.2. The predicted molar refractivity (Wildman–Crippen MR) is 217 cm³/mol. The maximum absolute atomic E-state index is 2.42. The standard InChI is InChI=1S/C46H92N/c1-5-7-9-11-13-15-17-19-21-23-25-27-29-31-33-35-37-39-41-43-45-47(3,4)46-44-42-40-38-36-34-32-30-28-26-24-22-20-18-16-14-12-10-8-6-2/h43-46H,5-42H2,1-4H3/q+1. The van der Waals surface area contributed by atoms with Crippen LogP contribution in [0.4, 0.5) is 0 Å². The maximum atomic E-state index is 2.42. The van der Waals surface area contributed by atoms with Crippen molar-refractivity contribution in [2.24, 2.45) is 0 Å². The van der Waals surface area contributed by atoms with E-state index in [-0.39, 0.29) is 0 Å². The monoisotopic (exact) mass is 659 g/mol. The van der Waals surface area contributed by atoms with Gasteiger partial charge in [-0.1, -0.05) is 232 Å². The van der Waals surface area contributed by atoms with Gasteiger partial charge >= 0.3 is 0 Å². The largest absolute Gasteiger partial charge is 0.276 e. The minimum absolute atomic E-state index is 0.887. The molecule has 0 saturated heterocycles. The lowest BCUT2D eigenvalue weighted by molar-refractivity contribution is -0.784. The van der Waals surface area contributed by atoms with E-state index in [0.717, 1.165) is 4.48 Å². The van der Waals surface area contributed by atoms with Crippen LogP contribution in [0.3, 0.4) is 0 Å². The van der Waals surface area contributed by atoms with Gasteiger partial charge in [0.05, 0.1) is 26.5 Å². The van der Waals surface area contributed by atoms with Gasteiger partial charge in [0, 0.05) is 0 Å². The molecule has 1 nitrogen and oxygen atoms in total. The second-order valence-electron chi connectivity index (χ2n) is 16.0. The van der Waals surface area contributed by atoms with Crippen LogP contribution >= 0.6 is 0 Å². The molecule has 0 saturated carbocycles. The highest BCUT2D eigenvalue weighted by atomic mass is 15.3. The summed E-state index contributed by atoms with van der Waals surface area (Å²) in [6.07, 6.45) is 64.4. The van der Waals surface area contributed by atoms with Crippen LogP contribution in [0.25, 0.3) is 0 Å². The molecule has 0 aromatic rings. The smallest absolute Gasteiger partial charge is 0.0959 e. The van der Waals surface area contributed by atoms with Gasteiger partial charge in [0.25, 0.3) is 0 Å². The number of hydrogen-bond acceptors (Lipinski definition) is 0. The number of rotatable bonds is 40. The normalized spacial score (nSPS) is 12.3. The van der Waals surface area contributed by atoms with Crippen LogP contribution in [0, 0.1) is 0 Å². The number of allylic oxidation sites excluding steroid dienone is 2. The van der Waals surface area contributed by atoms with E-state index >= 15 is 0 Å². The lowest BCUT2D eigenvalue weighted by Crippen LogP contribution is -2.25. The van der Waals surface area contributed by atoms with Crippen LogP contribution in [0.2, 0.25) is 0 Å². The van der Waals surface area contributed by atoms with Gasteiger partial charge in [-0.2, -0.15) is 0 Å². The Bertz CT molecular complexity index is 565. The number of nitrogens with zero attached hydrogens (tertiary/aromatic N) is 1. The fourth-order valence-corrected chi connectivity index (χ4v) is 7.07. The van der Waals surface area contributed by atoms with Gasteiger partial charge in [-0.25, -0.2) is 0 Å². The molecule has 280 valence electrons. The van der Waals surface area contributed by atoms with Gasteiger partial charge in [-0.05, 0) is 37.8 Å². The fraction of sp³-hybridized carbons (Fsp3) is 0.913. The molecule has 1 heteroatoms. The zero-order valence-electron chi connectivity index (χ0n) is 33.6. The Balaban J connectivity index is 3.37. The minimum Gasteiger partial charge on any atom is -0.276 e. The van der Waals surface area contributed by atoms with Gasteiger partial charge in [-0.15, -0.1) is 0 Å². The molecule has 0 bridgehead atoms. The Morgan fingerprint density at radius 2 is 0.426 bits per heavy atom. The van der Waals surface area contributed by atoms with Crippen molar-refractivity contribution in [2.75, 3.05) is 14.1 Å². The molecular formula is C46H92N+. The van der Waals surface area contributed by atoms with E-state index in [1.54, 1.807) is 0 Å². The average molecular weight is 659 g/mol.